The smallest absolute Gasteiger partial charge is 0.251 e. The van der Waals surface area contributed by atoms with Gasteiger partial charge in [-0.1, -0.05) is 23.8 Å². The number of fused-ring (bicyclic) bond motifs is 1. The van der Waals surface area contributed by atoms with Gasteiger partial charge in [0.25, 0.3) is 5.91 Å². The van der Waals surface area contributed by atoms with Gasteiger partial charge in [-0.15, -0.1) is 0 Å². The summed E-state index contributed by atoms with van der Waals surface area (Å²) in [7, 11) is 0. The van der Waals surface area contributed by atoms with Gasteiger partial charge in [0.05, 0.1) is 6.20 Å². The van der Waals surface area contributed by atoms with Gasteiger partial charge in [-0.25, -0.2) is 4.98 Å². The zero-order valence-corrected chi connectivity index (χ0v) is 22.0. The Morgan fingerprint density at radius 1 is 1.21 bits per heavy atom. The molecule has 5 rings (SSSR count). The highest BCUT2D eigenvalue weighted by molar-refractivity contribution is 5.97. The lowest BCUT2D eigenvalue weighted by molar-refractivity contribution is 0.0903. The van der Waals surface area contributed by atoms with E-state index in [-0.39, 0.29) is 5.91 Å². The summed E-state index contributed by atoms with van der Waals surface area (Å²) in [4.78, 5) is 21.3. The molecule has 3 heterocycles. The van der Waals surface area contributed by atoms with E-state index >= 15 is 0 Å². The number of ether oxygens (including phenoxy) is 1. The molecular formula is C29H35N7O2. The number of allylic oxidation sites excluding steroid dienone is 2. The molecule has 0 unspecified atom stereocenters. The first kappa shape index (κ1) is 25.7. The molecule has 9 heteroatoms. The second-order valence-corrected chi connectivity index (χ2v) is 10.0. The molecule has 3 N–H and O–H groups in total. The molecular weight excluding hydrogens is 478 g/mol. The number of amides is 1. The number of nitrogens with one attached hydrogen (secondary N) is 3. The summed E-state index contributed by atoms with van der Waals surface area (Å²) in [6.07, 6.45) is 11.4. The second kappa shape index (κ2) is 11.6. The largest absolute Gasteiger partial charge is 0.381 e. The lowest BCUT2D eigenvalue weighted by atomic mass is 10.0. The van der Waals surface area contributed by atoms with Crippen LogP contribution in [0.3, 0.4) is 0 Å². The van der Waals surface area contributed by atoms with Crippen LogP contribution in [0.1, 0.15) is 48.5 Å². The van der Waals surface area contributed by atoms with Crippen molar-refractivity contribution >= 4 is 29.9 Å². The molecule has 198 valence electrons. The van der Waals surface area contributed by atoms with E-state index in [1.54, 1.807) is 6.20 Å². The molecule has 38 heavy (non-hydrogen) atoms. The molecule has 0 radical (unpaired) electrons. The lowest BCUT2D eigenvalue weighted by Crippen LogP contribution is -2.28. The summed E-state index contributed by atoms with van der Waals surface area (Å²) < 4.78 is 7.36. The predicted octanol–water partition coefficient (Wildman–Crippen LogP) is 4.76. The second-order valence-electron chi connectivity index (χ2n) is 10.0. The fourth-order valence-corrected chi connectivity index (χ4v) is 4.55. The highest BCUT2D eigenvalue weighted by Crippen LogP contribution is 2.30. The van der Waals surface area contributed by atoms with Gasteiger partial charge in [-0.3, -0.25) is 9.79 Å². The number of aliphatic imine (C=N–C) groups is 1. The monoisotopic (exact) mass is 513 g/mol. The van der Waals surface area contributed by atoms with Gasteiger partial charge < -0.3 is 20.7 Å². The van der Waals surface area contributed by atoms with Crippen molar-refractivity contribution in [3.05, 3.63) is 65.5 Å². The Hall–Kier alpha value is -3.98. The topological polar surface area (TPSA) is 105 Å². The lowest BCUT2D eigenvalue weighted by Gasteiger charge is -2.24. The molecule has 0 atom stereocenters. The van der Waals surface area contributed by atoms with Gasteiger partial charge >= 0.3 is 0 Å². The number of carbonyl (C=O) groups is 1. The average Bonchev–Trinajstić information content (AvgIpc) is 3.63. The summed E-state index contributed by atoms with van der Waals surface area (Å²) in [6.45, 7) is 9.63. The molecule has 1 saturated carbocycles. The quantitative estimate of drug-likeness (QED) is 0.267. The maximum atomic E-state index is 12.6. The molecule has 0 spiro atoms. The van der Waals surface area contributed by atoms with Crippen molar-refractivity contribution < 1.29 is 9.53 Å². The van der Waals surface area contributed by atoms with Crippen LogP contribution in [0.4, 0.5) is 11.6 Å². The molecule has 1 aliphatic carbocycles. The van der Waals surface area contributed by atoms with Crippen molar-refractivity contribution in [2.24, 2.45) is 4.99 Å². The number of hydrogen-bond donors (Lipinski definition) is 3. The first-order chi connectivity index (χ1) is 18.5. The number of carbonyl (C=O) groups excluding carboxylic acids is 1. The normalized spacial score (nSPS) is 16.6. The molecule has 2 fully saturated rings. The Kier molecular flexibility index (Phi) is 7.83. The van der Waals surface area contributed by atoms with Crippen molar-refractivity contribution in [3.8, 4) is 11.1 Å². The van der Waals surface area contributed by atoms with Crippen molar-refractivity contribution in [1.82, 2.24) is 19.9 Å². The summed E-state index contributed by atoms with van der Waals surface area (Å²) in [5.41, 5.74) is 5.40. The number of anilines is 2. The average molecular weight is 514 g/mol. The summed E-state index contributed by atoms with van der Waals surface area (Å²) in [5.74, 6) is 1.63. The maximum Gasteiger partial charge on any atom is 0.251 e. The Morgan fingerprint density at radius 3 is 2.76 bits per heavy atom. The van der Waals surface area contributed by atoms with Gasteiger partial charge in [0.2, 0.25) is 0 Å². The Labute approximate surface area is 223 Å². The van der Waals surface area contributed by atoms with E-state index in [0.717, 1.165) is 78.4 Å². The third-order valence-electron chi connectivity index (χ3n) is 6.86. The minimum Gasteiger partial charge on any atom is -0.381 e. The van der Waals surface area contributed by atoms with Crippen molar-refractivity contribution in [1.29, 1.82) is 0 Å². The van der Waals surface area contributed by atoms with Crippen LogP contribution in [0.5, 0.6) is 0 Å². The molecule has 1 aliphatic heterocycles. The zero-order valence-electron chi connectivity index (χ0n) is 22.0. The van der Waals surface area contributed by atoms with Gasteiger partial charge in [0.15, 0.2) is 5.65 Å². The Bertz CT molecular complexity index is 1380. The molecule has 2 aliphatic rings. The molecule has 1 amide bonds. The Balaban J connectivity index is 1.47. The van der Waals surface area contributed by atoms with E-state index in [4.69, 9.17) is 9.72 Å². The number of hydrogen-bond acceptors (Lipinski definition) is 7. The van der Waals surface area contributed by atoms with E-state index in [1.165, 1.54) is 0 Å². The zero-order chi connectivity index (χ0) is 26.5. The molecule has 3 aromatic rings. The van der Waals surface area contributed by atoms with Crippen LogP contribution < -0.4 is 16.0 Å². The van der Waals surface area contributed by atoms with Crippen molar-refractivity contribution in [2.45, 2.75) is 51.6 Å². The van der Waals surface area contributed by atoms with E-state index in [0.29, 0.717) is 24.2 Å². The van der Waals surface area contributed by atoms with Crippen LogP contribution >= 0.6 is 0 Å². The fourth-order valence-electron chi connectivity index (χ4n) is 4.55. The molecule has 1 saturated heterocycles. The Morgan fingerprint density at radius 2 is 2.03 bits per heavy atom. The molecule has 2 aromatic heterocycles. The number of aryl methyl sites for hydroxylation is 1. The summed E-state index contributed by atoms with van der Waals surface area (Å²) in [5, 5.41) is 14.9. The van der Waals surface area contributed by atoms with E-state index < -0.39 is 0 Å². The highest BCUT2D eigenvalue weighted by Gasteiger charge is 2.25. The van der Waals surface area contributed by atoms with Crippen LogP contribution in [0, 0.1) is 6.92 Å². The number of rotatable bonds is 10. The van der Waals surface area contributed by atoms with E-state index in [9.17, 15) is 4.79 Å². The number of benzene rings is 1. The van der Waals surface area contributed by atoms with Crippen LogP contribution in [-0.4, -0.2) is 59.1 Å². The SMILES string of the molecule is C=N/C=C\C=C(/C)CNc1cc(NC2CCOCC2)nc2c(-c3ccc(C(=O)NC4CC4)c(C)c3)cnn12. The number of nitrogens with zero attached hydrogens (tertiary/aromatic N) is 4. The molecule has 0 bridgehead atoms. The first-order valence-electron chi connectivity index (χ1n) is 13.2. The van der Waals surface area contributed by atoms with Crippen molar-refractivity contribution in [3.63, 3.8) is 0 Å². The van der Waals surface area contributed by atoms with Crippen LogP contribution in [0.25, 0.3) is 16.8 Å². The fraction of sp³-hybridized carbons (Fsp3) is 0.379. The standard InChI is InChI=1S/C29H35N7O2/c1-19(5-4-12-30-3)17-31-27-16-26(33-23-10-13-38-14-11-23)35-28-25(18-32-36(27)28)21-6-9-24(20(2)15-21)29(37)34-22-7-8-22/h4-6,9,12,15-16,18,22-23,31H,3,7-8,10-11,13-14,17H2,1-2H3,(H,33,35)(H,34,37)/b12-4-,19-5+. The highest BCUT2D eigenvalue weighted by atomic mass is 16.5. The van der Waals surface area contributed by atoms with Crippen LogP contribution in [0.15, 0.2) is 59.4 Å². The minimum atomic E-state index is -0.00823. The van der Waals surface area contributed by atoms with E-state index in [2.05, 4.69) is 39.7 Å². The summed E-state index contributed by atoms with van der Waals surface area (Å²) in [6, 6.07) is 8.55. The maximum absolute atomic E-state index is 12.6. The van der Waals surface area contributed by atoms with E-state index in [1.807, 2.05) is 54.1 Å². The number of aromatic nitrogens is 3. The van der Waals surface area contributed by atoms with Gasteiger partial charge in [-0.2, -0.15) is 9.61 Å². The third-order valence-corrected chi connectivity index (χ3v) is 6.86. The summed E-state index contributed by atoms with van der Waals surface area (Å²) >= 11 is 0. The molecule has 1 aromatic carbocycles. The minimum absolute atomic E-state index is 0.00823. The third kappa shape index (κ3) is 6.11. The molecule has 9 nitrogen and oxygen atoms in total. The predicted molar refractivity (Wildman–Crippen MR) is 152 cm³/mol. The van der Waals surface area contributed by atoms with Crippen LogP contribution in [0.2, 0.25) is 0 Å². The van der Waals surface area contributed by atoms with Crippen LogP contribution in [-0.2, 0) is 4.74 Å². The van der Waals surface area contributed by atoms with Crippen molar-refractivity contribution in [2.75, 3.05) is 30.4 Å². The van der Waals surface area contributed by atoms with Gasteiger partial charge in [0.1, 0.15) is 11.6 Å². The van der Waals surface area contributed by atoms with Gasteiger partial charge in [0, 0.05) is 55.2 Å². The first-order valence-corrected chi connectivity index (χ1v) is 13.2. The van der Waals surface area contributed by atoms with Gasteiger partial charge in [-0.05, 0) is 69.5 Å².